The number of pyridine rings is 1. The zero-order chi connectivity index (χ0) is 23.7. The van der Waals surface area contributed by atoms with Crippen LogP contribution >= 0.6 is 0 Å². The lowest BCUT2D eigenvalue weighted by Crippen LogP contribution is -2.47. The van der Waals surface area contributed by atoms with Crippen molar-refractivity contribution in [3.05, 3.63) is 63.1 Å². The number of amides is 1. The molecule has 10 heteroatoms. The molecule has 3 heterocycles. The Bertz CT molecular complexity index is 1320. The van der Waals surface area contributed by atoms with Crippen molar-refractivity contribution < 1.29 is 9.18 Å². The molecule has 9 nitrogen and oxygen atoms in total. The number of nitriles is 1. The van der Waals surface area contributed by atoms with Crippen LogP contribution in [0.1, 0.15) is 47.3 Å². The number of piperazine rings is 1. The second-order valence-electron chi connectivity index (χ2n) is 7.97. The second-order valence-corrected chi connectivity index (χ2v) is 7.97. The van der Waals surface area contributed by atoms with Gasteiger partial charge in [-0.25, -0.2) is 14.4 Å². The maximum Gasteiger partial charge on any atom is 0.270 e. The van der Waals surface area contributed by atoms with E-state index < -0.39 is 11.7 Å². The molecule has 1 saturated heterocycles. The summed E-state index contributed by atoms with van der Waals surface area (Å²) in [4.78, 5) is 38.6. The van der Waals surface area contributed by atoms with E-state index in [0.717, 1.165) is 0 Å². The van der Waals surface area contributed by atoms with Gasteiger partial charge in [0.15, 0.2) is 11.5 Å². The third-order valence-corrected chi connectivity index (χ3v) is 6.13. The van der Waals surface area contributed by atoms with Crippen molar-refractivity contribution in [3.8, 4) is 6.07 Å². The lowest BCUT2D eigenvalue weighted by Gasteiger charge is -2.39. The van der Waals surface area contributed by atoms with Crippen molar-refractivity contribution in [2.24, 2.45) is 5.73 Å². The van der Waals surface area contributed by atoms with E-state index in [1.165, 1.54) is 6.07 Å². The Morgan fingerprint density at radius 2 is 1.97 bits per heavy atom. The first-order valence-electron chi connectivity index (χ1n) is 10.7. The number of halogens is 1. The molecule has 0 bridgehead atoms. The van der Waals surface area contributed by atoms with Gasteiger partial charge < -0.3 is 15.6 Å². The molecule has 1 aromatic carbocycles. The molecule has 0 aliphatic carbocycles. The van der Waals surface area contributed by atoms with Crippen molar-refractivity contribution in [1.29, 1.82) is 5.26 Å². The van der Waals surface area contributed by atoms with Crippen LogP contribution in [0.15, 0.2) is 29.1 Å². The first-order valence-corrected chi connectivity index (χ1v) is 10.7. The first kappa shape index (κ1) is 22.4. The van der Waals surface area contributed by atoms with Crippen molar-refractivity contribution in [2.75, 3.05) is 31.1 Å². The Hall–Kier alpha value is -3.84. The third-order valence-electron chi connectivity index (χ3n) is 6.13. The van der Waals surface area contributed by atoms with E-state index in [2.05, 4.69) is 19.9 Å². The van der Waals surface area contributed by atoms with E-state index in [-0.39, 0.29) is 28.5 Å². The normalized spacial score (nSPS) is 15.4. The van der Waals surface area contributed by atoms with Gasteiger partial charge in [-0.2, -0.15) is 5.26 Å². The highest BCUT2D eigenvalue weighted by Gasteiger charge is 2.26. The molecule has 0 spiro atoms. The molecule has 170 valence electrons. The number of aryl methyl sites for hydroxylation is 1. The number of hydrogen-bond acceptors (Lipinski definition) is 7. The van der Waals surface area contributed by atoms with Gasteiger partial charge in [0.25, 0.3) is 11.5 Å². The zero-order valence-electron chi connectivity index (χ0n) is 18.4. The number of carbonyl (C=O) groups is 1. The van der Waals surface area contributed by atoms with Crippen LogP contribution in [-0.2, 0) is 6.42 Å². The van der Waals surface area contributed by atoms with Crippen molar-refractivity contribution in [3.63, 3.8) is 0 Å². The van der Waals surface area contributed by atoms with E-state index in [1.807, 2.05) is 24.8 Å². The summed E-state index contributed by atoms with van der Waals surface area (Å²) in [7, 11) is 0. The van der Waals surface area contributed by atoms with E-state index >= 15 is 4.39 Å². The predicted octanol–water partition coefficient (Wildman–Crippen LogP) is 1.87. The van der Waals surface area contributed by atoms with Gasteiger partial charge in [-0.3, -0.25) is 14.5 Å². The average molecular weight is 449 g/mol. The van der Waals surface area contributed by atoms with Gasteiger partial charge in [0, 0.05) is 37.8 Å². The van der Waals surface area contributed by atoms with Crippen molar-refractivity contribution in [2.45, 2.75) is 26.3 Å². The minimum Gasteiger partial charge on any atom is -0.367 e. The number of hydrogen-bond donors (Lipinski definition) is 2. The Morgan fingerprint density at radius 1 is 1.24 bits per heavy atom. The average Bonchev–Trinajstić information content (AvgIpc) is 2.83. The van der Waals surface area contributed by atoms with Crippen LogP contribution in [-0.4, -0.2) is 51.9 Å². The summed E-state index contributed by atoms with van der Waals surface area (Å²) in [6.07, 6.45) is 0.476. The number of aromatic amines is 1. The Balaban J connectivity index is 1.53. The van der Waals surface area contributed by atoms with E-state index in [0.29, 0.717) is 55.1 Å². The molecule has 1 unspecified atom stereocenters. The number of fused-ring (bicyclic) bond motifs is 1. The lowest BCUT2D eigenvalue weighted by molar-refractivity contribution is 0.0995. The molecule has 1 amide bonds. The van der Waals surface area contributed by atoms with Gasteiger partial charge in [-0.05, 0) is 31.5 Å². The van der Waals surface area contributed by atoms with Crippen LogP contribution in [0.5, 0.6) is 0 Å². The van der Waals surface area contributed by atoms with Crippen LogP contribution in [0.4, 0.5) is 10.1 Å². The van der Waals surface area contributed by atoms with Crippen LogP contribution in [0.3, 0.4) is 0 Å². The summed E-state index contributed by atoms with van der Waals surface area (Å²) < 4.78 is 15.3. The summed E-state index contributed by atoms with van der Waals surface area (Å²) in [6.45, 7) is 6.22. The Morgan fingerprint density at radius 3 is 2.61 bits per heavy atom. The molecule has 3 aromatic rings. The molecule has 33 heavy (non-hydrogen) atoms. The van der Waals surface area contributed by atoms with Gasteiger partial charge >= 0.3 is 0 Å². The van der Waals surface area contributed by atoms with E-state index in [4.69, 9.17) is 5.73 Å². The highest BCUT2D eigenvalue weighted by molar-refractivity contribution is 5.91. The minimum absolute atomic E-state index is 0.0490. The smallest absolute Gasteiger partial charge is 0.270 e. The van der Waals surface area contributed by atoms with Crippen LogP contribution in [0.2, 0.25) is 0 Å². The molecular weight excluding hydrogens is 425 g/mol. The number of nitrogens with one attached hydrogen (secondary N) is 1. The molecule has 0 radical (unpaired) electrons. The van der Waals surface area contributed by atoms with Gasteiger partial charge in [0.1, 0.15) is 23.0 Å². The second kappa shape index (κ2) is 8.96. The van der Waals surface area contributed by atoms with Crippen LogP contribution in [0.25, 0.3) is 11.0 Å². The molecule has 4 rings (SSSR count). The standard InChI is InChI=1S/C23H24FN7O2/c1-3-15-23(33)29-21-16(27-15)5-4-14(20(21)24)13(2)30-8-10-31(11-9-30)19-7-6-17(22(26)32)28-18(19)12-25/h4-7,13H,3,8-11H2,1-2H3,(H2,26,32)(H,29,33). The molecule has 3 N–H and O–H groups in total. The molecule has 1 atom stereocenters. The highest BCUT2D eigenvalue weighted by Crippen LogP contribution is 2.29. The summed E-state index contributed by atoms with van der Waals surface area (Å²) in [6, 6.07) is 8.45. The fourth-order valence-corrected chi connectivity index (χ4v) is 4.21. The lowest BCUT2D eigenvalue weighted by atomic mass is 10.0. The number of nitrogens with zero attached hydrogens (tertiary/aromatic N) is 5. The van der Waals surface area contributed by atoms with Crippen LogP contribution in [0, 0.1) is 17.1 Å². The summed E-state index contributed by atoms with van der Waals surface area (Å²) in [5.41, 5.74) is 7.15. The van der Waals surface area contributed by atoms with Crippen LogP contribution < -0.4 is 16.2 Å². The van der Waals surface area contributed by atoms with Crippen molar-refractivity contribution in [1.82, 2.24) is 19.9 Å². The number of primary amides is 1. The molecular formula is C23H24FN7O2. The summed E-state index contributed by atoms with van der Waals surface area (Å²) in [5.74, 6) is -1.15. The Kier molecular flexibility index (Phi) is 6.07. The van der Waals surface area contributed by atoms with Gasteiger partial charge in [0.05, 0.1) is 11.2 Å². The number of anilines is 1. The fraction of sp³-hybridized carbons (Fsp3) is 0.348. The molecule has 2 aromatic heterocycles. The number of H-pyrrole nitrogens is 1. The Labute approximate surface area is 189 Å². The SMILES string of the molecule is CCc1nc2ccc(C(C)N3CCN(c4ccc(C(N)=O)nc4C#N)CC3)c(F)c2[nH]c1=O. The molecule has 1 fully saturated rings. The first-order chi connectivity index (χ1) is 15.8. The van der Waals surface area contributed by atoms with Gasteiger partial charge in [0.2, 0.25) is 0 Å². The maximum atomic E-state index is 15.3. The number of carbonyl (C=O) groups excluding carboxylic acids is 1. The largest absolute Gasteiger partial charge is 0.367 e. The monoisotopic (exact) mass is 449 g/mol. The predicted molar refractivity (Wildman–Crippen MR) is 121 cm³/mol. The topological polar surface area (TPSA) is 132 Å². The zero-order valence-corrected chi connectivity index (χ0v) is 18.4. The number of nitrogens with two attached hydrogens (primary N) is 1. The van der Waals surface area contributed by atoms with E-state index in [1.54, 1.807) is 18.2 Å². The quantitative estimate of drug-likeness (QED) is 0.608. The third kappa shape index (κ3) is 4.15. The molecule has 0 saturated carbocycles. The van der Waals surface area contributed by atoms with Gasteiger partial charge in [-0.15, -0.1) is 0 Å². The highest BCUT2D eigenvalue weighted by atomic mass is 19.1. The number of rotatable bonds is 5. The fourth-order valence-electron chi connectivity index (χ4n) is 4.21. The minimum atomic E-state index is -0.684. The number of benzene rings is 1. The molecule has 1 aliphatic rings. The van der Waals surface area contributed by atoms with E-state index in [9.17, 15) is 14.9 Å². The van der Waals surface area contributed by atoms with Gasteiger partial charge in [-0.1, -0.05) is 13.0 Å². The number of aromatic nitrogens is 3. The summed E-state index contributed by atoms with van der Waals surface area (Å²) in [5, 5.41) is 9.44. The van der Waals surface area contributed by atoms with Crippen molar-refractivity contribution >= 4 is 22.6 Å². The molecule has 1 aliphatic heterocycles. The summed E-state index contributed by atoms with van der Waals surface area (Å²) >= 11 is 0. The maximum absolute atomic E-state index is 15.3.